The number of carbonyl (C=O) groups excluding carboxylic acids is 2. The molecule has 2 fully saturated rings. The van der Waals surface area contributed by atoms with Crippen LogP contribution in [0.4, 0.5) is 10.5 Å². The highest BCUT2D eigenvalue weighted by atomic mass is 16.5. The number of urea groups is 1. The Hall–Kier alpha value is -2.08. The van der Waals surface area contributed by atoms with Crippen molar-refractivity contribution in [2.45, 2.75) is 18.4 Å². The first-order valence-electron chi connectivity index (χ1n) is 7.07. The summed E-state index contributed by atoms with van der Waals surface area (Å²) < 4.78 is 5.15. The van der Waals surface area contributed by atoms with Gasteiger partial charge >= 0.3 is 6.03 Å². The lowest BCUT2D eigenvalue weighted by Crippen LogP contribution is -2.56. The van der Waals surface area contributed by atoms with Crippen LogP contribution in [0.2, 0.25) is 0 Å². The summed E-state index contributed by atoms with van der Waals surface area (Å²) in [7, 11) is 3.15. The highest BCUT2D eigenvalue weighted by Gasteiger charge is 2.56. The Morgan fingerprint density at radius 2 is 1.76 bits per heavy atom. The largest absolute Gasteiger partial charge is 0.497 e. The molecule has 0 bridgehead atoms. The van der Waals surface area contributed by atoms with Gasteiger partial charge in [0.15, 0.2) is 0 Å². The van der Waals surface area contributed by atoms with E-state index in [0.29, 0.717) is 12.8 Å². The molecule has 2 saturated heterocycles. The smallest absolute Gasteiger partial charge is 0.331 e. The number of amides is 3. The van der Waals surface area contributed by atoms with Crippen molar-refractivity contribution in [1.82, 2.24) is 10.2 Å². The van der Waals surface area contributed by atoms with Crippen LogP contribution in [0.1, 0.15) is 12.8 Å². The zero-order valence-electron chi connectivity index (χ0n) is 12.3. The summed E-state index contributed by atoms with van der Waals surface area (Å²) in [5.74, 6) is 0.620. The third kappa shape index (κ3) is 1.98. The van der Waals surface area contributed by atoms with Gasteiger partial charge in [-0.05, 0) is 50.2 Å². The van der Waals surface area contributed by atoms with E-state index in [1.807, 2.05) is 12.1 Å². The molecule has 2 aliphatic heterocycles. The highest BCUT2D eigenvalue weighted by Crippen LogP contribution is 2.39. The first-order valence-corrected chi connectivity index (χ1v) is 7.07. The Labute approximate surface area is 123 Å². The molecule has 3 rings (SSSR count). The van der Waals surface area contributed by atoms with Gasteiger partial charge in [-0.25, -0.2) is 4.79 Å². The van der Waals surface area contributed by atoms with Gasteiger partial charge < -0.3 is 10.1 Å². The van der Waals surface area contributed by atoms with E-state index in [1.165, 1.54) is 4.90 Å². The Bertz CT molecular complexity index is 564. The molecule has 3 amide bonds. The molecule has 0 unspecified atom stereocenters. The van der Waals surface area contributed by atoms with Crippen LogP contribution in [-0.4, -0.2) is 49.6 Å². The van der Waals surface area contributed by atoms with E-state index in [0.717, 1.165) is 24.5 Å². The van der Waals surface area contributed by atoms with Gasteiger partial charge in [0.05, 0.1) is 7.11 Å². The summed E-state index contributed by atoms with van der Waals surface area (Å²) in [6.07, 6.45) is 1.27. The molecule has 1 aromatic rings. The van der Waals surface area contributed by atoms with E-state index in [1.54, 1.807) is 31.2 Å². The zero-order valence-corrected chi connectivity index (χ0v) is 12.3. The van der Waals surface area contributed by atoms with Gasteiger partial charge in [0.25, 0.3) is 5.91 Å². The average molecular weight is 289 g/mol. The van der Waals surface area contributed by atoms with Gasteiger partial charge in [-0.15, -0.1) is 0 Å². The third-order valence-corrected chi connectivity index (χ3v) is 4.37. The highest BCUT2D eigenvalue weighted by molar-refractivity contribution is 6.16. The van der Waals surface area contributed by atoms with Crippen molar-refractivity contribution < 1.29 is 14.3 Å². The van der Waals surface area contributed by atoms with Crippen LogP contribution in [0.25, 0.3) is 0 Å². The quantitative estimate of drug-likeness (QED) is 0.832. The van der Waals surface area contributed by atoms with Crippen molar-refractivity contribution in [2.75, 3.05) is 32.1 Å². The van der Waals surface area contributed by atoms with Crippen LogP contribution >= 0.6 is 0 Å². The third-order valence-electron chi connectivity index (χ3n) is 4.37. The summed E-state index contributed by atoms with van der Waals surface area (Å²) in [5.41, 5.74) is -0.00789. The van der Waals surface area contributed by atoms with E-state index in [-0.39, 0.29) is 11.9 Å². The first-order chi connectivity index (χ1) is 10.1. The summed E-state index contributed by atoms with van der Waals surface area (Å²) in [5, 5.41) is 3.25. The van der Waals surface area contributed by atoms with E-state index in [9.17, 15) is 9.59 Å². The molecule has 112 valence electrons. The maximum absolute atomic E-state index is 12.6. The number of piperidine rings is 1. The molecule has 0 aromatic heterocycles. The number of nitrogens with one attached hydrogen (secondary N) is 1. The van der Waals surface area contributed by atoms with Crippen molar-refractivity contribution >= 4 is 17.6 Å². The van der Waals surface area contributed by atoms with Crippen molar-refractivity contribution in [3.8, 4) is 5.75 Å². The standard InChI is InChI=1S/C15H19N3O3/c1-17-13(19)15(7-9-16-10-8-15)18(14(17)20)11-3-5-12(21-2)6-4-11/h3-6,16H,7-10H2,1-2H3. The van der Waals surface area contributed by atoms with Crippen LogP contribution in [0, 0.1) is 0 Å². The summed E-state index contributed by atoms with van der Waals surface area (Å²) >= 11 is 0. The van der Waals surface area contributed by atoms with Gasteiger partial charge in [-0.1, -0.05) is 0 Å². The molecule has 1 spiro atoms. The first kappa shape index (κ1) is 13.9. The molecule has 0 saturated carbocycles. The van der Waals surface area contributed by atoms with Gasteiger partial charge in [0.1, 0.15) is 11.3 Å². The second-order valence-corrected chi connectivity index (χ2v) is 5.46. The molecule has 0 aliphatic carbocycles. The number of hydrogen-bond donors (Lipinski definition) is 1. The number of carbonyl (C=O) groups is 2. The number of methoxy groups -OCH3 is 1. The minimum Gasteiger partial charge on any atom is -0.497 e. The number of benzene rings is 1. The molecular formula is C15H19N3O3. The predicted octanol–water partition coefficient (Wildman–Crippen LogP) is 1.22. The number of nitrogens with zero attached hydrogens (tertiary/aromatic N) is 2. The molecule has 2 aliphatic rings. The zero-order chi connectivity index (χ0) is 15.0. The van der Waals surface area contributed by atoms with Crippen LogP contribution in [0.3, 0.4) is 0 Å². The van der Waals surface area contributed by atoms with E-state index < -0.39 is 5.54 Å². The number of imide groups is 1. The fourth-order valence-electron chi connectivity index (χ4n) is 3.19. The fourth-order valence-corrected chi connectivity index (χ4v) is 3.19. The lowest BCUT2D eigenvalue weighted by atomic mass is 9.86. The van der Waals surface area contributed by atoms with Gasteiger partial charge in [0, 0.05) is 12.7 Å². The second-order valence-electron chi connectivity index (χ2n) is 5.46. The van der Waals surface area contributed by atoms with E-state index in [4.69, 9.17) is 4.74 Å². The normalized spacial score (nSPS) is 21.2. The molecule has 0 radical (unpaired) electrons. The summed E-state index contributed by atoms with van der Waals surface area (Å²) in [6, 6.07) is 7.01. The lowest BCUT2D eigenvalue weighted by Gasteiger charge is -2.38. The summed E-state index contributed by atoms with van der Waals surface area (Å²) in [4.78, 5) is 28.0. The van der Waals surface area contributed by atoms with Gasteiger partial charge in [-0.3, -0.25) is 14.6 Å². The van der Waals surface area contributed by atoms with Crippen LogP contribution < -0.4 is 15.0 Å². The van der Waals surface area contributed by atoms with Crippen molar-refractivity contribution in [1.29, 1.82) is 0 Å². The Kier molecular flexibility index (Phi) is 3.33. The maximum atomic E-state index is 12.6. The van der Waals surface area contributed by atoms with Gasteiger partial charge in [-0.2, -0.15) is 0 Å². The molecule has 2 heterocycles. The van der Waals surface area contributed by atoms with E-state index >= 15 is 0 Å². The molecule has 1 aromatic carbocycles. The number of anilines is 1. The van der Waals surface area contributed by atoms with E-state index in [2.05, 4.69) is 5.32 Å². The van der Waals surface area contributed by atoms with Gasteiger partial charge in [0.2, 0.25) is 0 Å². The lowest BCUT2D eigenvalue weighted by molar-refractivity contribution is -0.130. The van der Waals surface area contributed by atoms with Crippen molar-refractivity contribution in [2.24, 2.45) is 0 Å². The molecule has 0 atom stereocenters. The fraction of sp³-hybridized carbons (Fsp3) is 0.467. The summed E-state index contributed by atoms with van der Waals surface area (Å²) in [6.45, 7) is 1.47. The molecule has 6 heteroatoms. The molecular weight excluding hydrogens is 270 g/mol. The van der Waals surface area contributed by atoms with Crippen molar-refractivity contribution in [3.63, 3.8) is 0 Å². The van der Waals surface area contributed by atoms with Crippen LogP contribution in [-0.2, 0) is 4.79 Å². The minimum atomic E-state index is -0.744. The number of hydrogen-bond acceptors (Lipinski definition) is 4. The number of ether oxygens (including phenoxy) is 1. The molecule has 21 heavy (non-hydrogen) atoms. The van der Waals surface area contributed by atoms with Crippen LogP contribution in [0.15, 0.2) is 24.3 Å². The minimum absolute atomic E-state index is 0.107. The molecule has 6 nitrogen and oxygen atoms in total. The maximum Gasteiger partial charge on any atom is 0.331 e. The Morgan fingerprint density at radius 3 is 2.33 bits per heavy atom. The molecule has 1 N–H and O–H groups in total. The number of rotatable bonds is 2. The topological polar surface area (TPSA) is 61.9 Å². The Morgan fingerprint density at radius 1 is 1.14 bits per heavy atom. The SMILES string of the molecule is COc1ccc(N2C(=O)N(C)C(=O)C23CCNCC3)cc1. The predicted molar refractivity (Wildman–Crippen MR) is 78.5 cm³/mol. The number of likely N-dealkylation sites (N-methyl/N-ethyl adjacent to an activating group) is 1. The average Bonchev–Trinajstić information content (AvgIpc) is 2.70. The monoisotopic (exact) mass is 289 g/mol. The Balaban J connectivity index is 2.03. The van der Waals surface area contributed by atoms with Crippen molar-refractivity contribution in [3.05, 3.63) is 24.3 Å². The second kappa shape index (κ2) is 5.04. The van der Waals surface area contributed by atoms with Crippen LogP contribution in [0.5, 0.6) is 5.75 Å².